The summed E-state index contributed by atoms with van der Waals surface area (Å²) in [6, 6.07) is 3.38. The predicted molar refractivity (Wildman–Crippen MR) is 76.8 cm³/mol. The van der Waals surface area contributed by atoms with E-state index in [0.29, 0.717) is 6.54 Å². The molecule has 112 valence electrons. The SMILES string of the molecule is CCC(C)CN(C)S(=O)(=O)c1ccc([N+](=O)[O-])cc1N. The molecule has 0 saturated carbocycles. The molecule has 0 aliphatic carbocycles. The van der Waals surface area contributed by atoms with Gasteiger partial charge < -0.3 is 5.73 Å². The molecule has 0 saturated heterocycles. The summed E-state index contributed by atoms with van der Waals surface area (Å²) in [7, 11) is -2.26. The first-order chi connectivity index (χ1) is 9.20. The van der Waals surface area contributed by atoms with Crippen molar-refractivity contribution in [2.45, 2.75) is 25.2 Å². The van der Waals surface area contributed by atoms with Crippen LogP contribution < -0.4 is 5.73 Å². The van der Waals surface area contributed by atoms with Crippen LogP contribution >= 0.6 is 0 Å². The second-order valence-corrected chi connectivity index (χ2v) is 6.79. The normalized spacial score (nSPS) is 13.4. The van der Waals surface area contributed by atoms with Gasteiger partial charge in [-0.3, -0.25) is 10.1 Å². The fraction of sp³-hybridized carbons (Fsp3) is 0.500. The Morgan fingerprint density at radius 1 is 1.45 bits per heavy atom. The molecule has 0 amide bonds. The van der Waals surface area contributed by atoms with Gasteiger partial charge >= 0.3 is 0 Å². The molecule has 1 aromatic carbocycles. The first-order valence-corrected chi connectivity index (χ1v) is 7.64. The minimum atomic E-state index is -3.73. The minimum absolute atomic E-state index is 0.103. The maximum absolute atomic E-state index is 12.4. The summed E-state index contributed by atoms with van der Waals surface area (Å²) in [4.78, 5) is 9.90. The van der Waals surface area contributed by atoms with Crippen LogP contribution in [0.2, 0.25) is 0 Å². The van der Waals surface area contributed by atoms with Crippen LogP contribution in [0.1, 0.15) is 20.3 Å². The summed E-state index contributed by atoms with van der Waals surface area (Å²) < 4.78 is 25.9. The fourth-order valence-electron chi connectivity index (χ4n) is 1.72. The van der Waals surface area contributed by atoms with Crippen LogP contribution in [0.5, 0.6) is 0 Å². The average Bonchev–Trinajstić information content (AvgIpc) is 2.37. The number of hydrogen-bond donors (Lipinski definition) is 1. The highest BCUT2D eigenvalue weighted by Gasteiger charge is 2.25. The Hall–Kier alpha value is -1.67. The molecule has 0 heterocycles. The Kier molecular flexibility index (Phi) is 5.07. The molecule has 2 N–H and O–H groups in total. The molecule has 1 aromatic rings. The third kappa shape index (κ3) is 3.45. The number of nitrogen functional groups attached to an aromatic ring is 1. The standard InChI is InChI=1S/C12H19N3O4S/c1-4-9(2)8-14(3)20(18,19)12-6-5-10(15(16)17)7-11(12)13/h5-7,9H,4,8,13H2,1-3H3. The lowest BCUT2D eigenvalue weighted by Crippen LogP contribution is -2.31. The summed E-state index contributed by atoms with van der Waals surface area (Å²) in [6.45, 7) is 4.30. The van der Waals surface area contributed by atoms with E-state index in [2.05, 4.69) is 0 Å². The van der Waals surface area contributed by atoms with Gasteiger partial charge in [-0.25, -0.2) is 12.7 Å². The topological polar surface area (TPSA) is 107 Å². The number of rotatable bonds is 6. The van der Waals surface area contributed by atoms with Crippen LogP contribution in [-0.4, -0.2) is 31.2 Å². The summed E-state index contributed by atoms with van der Waals surface area (Å²) in [6.07, 6.45) is 0.857. The molecule has 0 fully saturated rings. The highest BCUT2D eigenvalue weighted by Crippen LogP contribution is 2.26. The highest BCUT2D eigenvalue weighted by atomic mass is 32.2. The molecule has 7 nitrogen and oxygen atoms in total. The molecule has 0 spiro atoms. The second kappa shape index (κ2) is 6.19. The first kappa shape index (κ1) is 16.4. The summed E-state index contributed by atoms with van der Waals surface area (Å²) in [5, 5.41) is 10.6. The molecule has 0 aliphatic rings. The molecule has 1 unspecified atom stereocenters. The lowest BCUT2D eigenvalue weighted by molar-refractivity contribution is -0.384. The summed E-state index contributed by atoms with van der Waals surface area (Å²) in [5.41, 5.74) is 5.29. The molecule has 1 atom stereocenters. The Labute approximate surface area is 118 Å². The fourth-order valence-corrected chi connectivity index (χ4v) is 3.10. The summed E-state index contributed by atoms with van der Waals surface area (Å²) >= 11 is 0. The predicted octanol–water partition coefficient (Wildman–Crippen LogP) is 1.84. The molecule has 8 heteroatoms. The highest BCUT2D eigenvalue weighted by molar-refractivity contribution is 7.89. The monoisotopic (exact) mass is 301 g/mol. The molecule has 0 aliphatic heterocycles. The van der Waals surface area contributed by atoms with Gasteiger partial charge in [-0.15, -0.1) is 0 Å². The number of non-ortho nitro benzene ring substituents is 1. The number of nitrogens with zero attached hydrogens (tertiary/aromatic N) is 2. The van der Waals surface area contributed by atoms with Crippen molar-refractivity contribution in [1.82, 2.24) is 4.31 Å². The first-order valence-electron chi connectivity index (χ1n) is 6.20. The maximum Gasteiger partial charge on any atom is 0.271 e. The lowest BCUT2D eigenvalue weighted by Gasteiger charge is -2.21. The van der Waals surface area contributed by atoms with E-state index >= 15 is 0 Å². The Bertz CT molecular complexity index is 601. The molecular formula is C12H19N3O4S. The zero-order valence-corrected chi connectivity index (χ0v) is 12.6. The van der Waals surface area contributed by atoms with Crippen LogP contribution in [0.15, 0.2) is 23.1 Å². The van der Waals surface area contributed by atoms with E-state index in [9.17, 15) is 18.5 Å². The van der Waals surface area contributed by atoms with Gasteiger partial charge in [0.2, 0.25) is 10.0 Å². The third-order valence-corrected chi connectivity index (χ3v) is 5.06. The number of sulfonamides is 1. The van der Waals surface area contributed by atoms with Crippen molar-refractivity contribution in [3.05, 3.63) is 28.3 Å². The van der Waals surface area contributed by atoms with Crippen LogP contribution in [0.3, 0.4) is 0 Å². The van der Waals surface area contributed by atoms with Crippen LogP contribution in [0, 0.1) is 16.0 Å². The Morgan fingerprint density at radius 2 is 2.05 bits per heavy atom. The van der Waals surface area contributed by atoms with Crippen molar-refractivity contribution in [3.8, 4) is 0 Å². The number of anilines is 1. The van der Waals surface area contributed by atoms with E-state index in [0.717, 1.165) is 18.6 Å². The Balaban J connectivity index is 3.13. The van der Waals surface area contributed by atoms with Crippen LogP contribution in [0.4, 0.5) is 11.4 Å². The number of nitrogens with two attached hydrogens (primary N) is 1. The van der Waals surface area contributed by atoms with E-state index in [-0.39, 0.29) is 22.2 Å². The van der Waals surface area contributed by atoms with E-state index in [1.807, 2.05) is 13.8 Å². The lowest BCUT2D eigenvalue weighted by atomic mass is 10.1. The van der Waals surface area contributed by atoms with Crippen LogP contribution in [-0.2, 0) is 10.0 Å². The van der Waals surface area contributed by atoms with Gasteiger partial charge in [-0.2, -0.15) is 0 Å². The quantitative estimate of drug-likeness (QED) is 0.490. The molecule has 0 radical (unpaired) electrons. The van der Waals surface area contributed by atoms with Crippen molar-refractivity contribution < 1.29 is 13.3 Å². The smallest absolute Gasteiger partial charge is 0.271 e. The van der Waals surface area contributed by atoms with Gasteiger partial charge in [0, 0.05) is 25.7 Å². The van der Waals surface area contributed by atoms with Gasteiger partial charge in [-0.05, 0) is 12.0 Å². The van der Waals surface area contributed by atoms with E-state index in [4.69, 9.17) is 5.73 Å². The number of nitro benzene ring substituents is 1. The van der Waals surface area contributed by atoms with Crippen molar-refractivity contribution in [2.75, 3.05) is 19.3 Å². The van der Waals surface area contributed by atoms with Gasteiger partial charge in [0.1, 0.15) is 4.90 Å². The summed E-state index contributed by atoms with van der Waals surface area (Å²) in [5.74, 6) is 0.217. The molecule has 1 rings (SSSR count). The second-order valence-electron chi connectivity index (χ2n) is 4.78. The Morgan fingerprint density at radius 3 is 2.50 bits per heavy atom. The van der Waals surface area contributed by atoms with Crippen molar-refractivity contribution in [2.24, 2.45) is 5.92 Å². The largest absolute Gasteiger partial charge is 0.397 e. The number of benzene rings is 1. The van der Waals surface area contributed by atoms with Crippen LogP contribution in [0.25, 0.3) is 0 Å². The van der Waals surface area contributed by atoms with Gasteiger partial charge in [0.25, 0.3) is 5.69 Å². The average molecular weight is 301 g/mol. The van der Waals surface area contributed by atoms with E-state index in [1.165, 1.54) is 17.4 Å². The van der Waals surface area contributed by atoms with Gasteiger partial charge in [0.05, 0.1) is 10.6 Å². The zero-order valence-electron chi connectivity index (χ0n) is 11.7. The molecule has 20 heavy (non-hydrogen) atoms. The van der Waals surface area contributed by atoms with Crippen molar-refractivity contribution in [1.29, 1.82) is 0 Å². The third-order valence-electron chi connectivity index (χ3n) is 3.16. The van der Waals surface area contributed by atoms with E-state index in [1.54, 1.807) is 0 Å². The van der Waals surface area contributed by atoms with Gasteiger partial charge in [-0.1, -0.05) is 20.3 Å². The van der Waals surface area contributed by atoms with Gasteiger partial charge in [0.15, 0.2) is 0 Å². The van der Waals surface area contributed by atoms with E-state index < -0.39 is 14.9 Å². The number of nitro groups is 1. The van der Waals surface area contributed by atoms with Crippen molar-refractivity contribution >= 4 is 21.4 Å². The molecular weight excluding hydrogens is 282 g/mol. The minimum Gasteiger partial charge on any atom is -0.397 e. The zero-order chi connectivity index (χ0) is 15.5. The molecule has 0 aromatic heterocycles. The van der Waals surface area contributed by atoms with Crippen molar-refractivity contribution in [3.63, 3.8) is 0 Å². The molecule has 0 bridgehead atoms. The maximum atomic E-state index is 12.4. The number of hydrogen-bond acceptors (Lipinski definition) is 5.